The molecule has 0 radical (unpaired) electrons. The molecule has 0 spiro atoms. The van der Waals surface area contributed by atoms with Crippen LogP contribution >= 0.6 is 11.8 Å². The summed E-state index contributed by atoms with van der Waals surface area (Å²) < 4.78 is 5.48. The van der Waals surface area contributed by atoms with E-state index in [2.05, 4.69) is 10.6 Å². The van der Waals surface area contributed by atoms with Crippen LogP contribution in [0.2, 0.25) is 0 Å². The molecule has 1 aliphatic carbocycles. The number of para-hydroxylation sites is 1. The van der Waals surface area contributed by atoms with Gasteiger partial charge in [0.25, 0.3) is 5.91 Å². The van der Waals surface area contributed by atoms with Crippen LogP contribution < -0.4 is 10.6 Å². The van der Waals surface area contributed by atoms with Crippen LogP contribution in [0.3, 0.4) is 0 Å². The van der Waals surface area contributed by atoms with Crippen LogP contribution in [0.5, 0.6) is 0 Å². The van der Waals surface area contributed by atoms with Gasteiger partial charge in [-0.15, -0.1) is 11.8 Å². The molecule has 0 unspecified atom stereocenters. The highest BCUT2D eigenvalue weighted by molar-refractivity contribution is 8.01. The van der Waals surface area contributed by atoms with Crippen LogP contribution in [0.15, 0.2) is 29.2 Å². The molecule has 1 fully saturated rings. The second-order valence-corrected chi connectivity index (χ2v) is 8.69. The fraction of sp³-hybridized carbons (Fsp3) is 0.550. The summed E-state index contributed by atoms with van der Waals surface area (Å²) in [6, 6.07) is 7.65. The minimum absolute atomic E-state index is 0.0647. The lowest BCUT2D eigenvalue weighted by Crippen LogP contribution is -2.45. The molecule has 0 saturated heterocycles. The van der Waals surface area contributed by atoms with Gasteiger partial charge in [0.2, 0.25) is 5.91 Å². The molecular weight excluding hydrogens is 364 g/mol. The zero-order chi connectivity index (χ0) is 19.4. The van der Waals surface area contributed by atoms with Crippen molar-refractivity contribution in [3.63, 3.8) is 0 Å². The van der Waals surface area contributed by atoms with Gasteiger partial charge in [-0.1, -0.05) is 38.8 Å². The Balaban J connectivity index is 1.57. The quantitative estimate of drug-likeness (QED) is 0.729. The Morgan fingerprint density at radius 3 is 2.67 bits per heavy atom. The van der Waals surface area contributed by atoms with Crippen LogP contribution in [0.4, 0.5) is 5.69 Å². The molecular formula is C20H26N2O4S. The van der Waals surface area contributed by atoms with Gasteiger partial charge in [0.15, 0.2) is 6.10 Å². The molecule has 2 N–H and O–H groups in total. The molecule has 0 bridgehead atoms. The smallest absolute Gasteiger partial charge is 0.308 e. The second-order valence-electron chi connectivity index (χ2n) is 7.44. The van der Waals surface area contributed by atoms with Gasteiger partial charge < -0.3 is 15.4 Å². The second kappa shape index (κ2) is 8.78. The number of nitrogens with one attached hydrogen (secondary N) is 2. The maximum Gasteiger partial charge on any atom is 0.308 e. The normalized spacial score (nSPS) is 20.7. The molecule has 1 aliphatic heterocycles. The zero-order valence-corrected chi connectivity index (χ0v) is 16.5. The van der Waals surface area contributed by atoms with Crippen LogP contribution in [0.25, 0.3) is 0 Å². The largest absolute Gasteiger partial charge is 0.452 e. The summed E-state index contributed by atoms with van der Waals surface area (Å²) in [5, 5.41) is 5.25. The van der Waals surface area contributed by atoms with E-state index in [-0.39, 0.29) is 30.2 Å². The summed E-state index contributed by atoms with van der Waals surface area (Å²) in [4.78, 5) is 38.1. The summed E-state index contributed by atoms with van der Waals surface area (Å²) in [7, 11) is 0. The summed E-state index contributed by atoms with van der Waals surface area (Å²) in [5.74, 6) is -1.12. The van der Waals surface area contributed by atoms with Crippen molar-refractivity contribution in [2.45, 2.75) is 68.2 Å². The molecule has 6 nitrogen and oxygen atoms in total. The van der Waals surface area contributed by atoms with Gasteiger partial charge in [-0.3, -0.25) is 14.4 Å². The van der Waals surface area contributed by atoms with Crippen molar-refractivity contribution in [1.29, 1.82) is 0 Å². The van der Waals surface area contributed by atoms with E-state index in [0.717, 1.165) is 36.3 Å². The first kappa shape index (κ1) is 19.7. The lowest BCUT2D eigenvalue weighted by atomic mass is 10.1. The Labute approximate surface area is 163 Å². The SMILES string of the molecule is CC(C)[C@H](OC(=O)C[C@H]1Sc2ccccc2NC1=O)C(=O)NC1CCCC1. The molecule has 1 aromatic carbocycles. The Kier molecular flexibility index (Phi) is 6.42. The number of thioether (sulfide) groups is 1. The first-order valence-corrected chi connectivity index (χ1v) is 10.4. The van der Waals surface area contributed by atoms with Crippen molar-refractivity contribution in [3.05, 3.63) is 24.3 Å². The molecule has 1 aromatic rings. The van der Waals surface area contributed by atoms with Crippen LogP contribution in [-0.2, 0) is 19.1 Å². The number of anilines is 1. The van der Waals surface area contributed by atoms with Gasteiger partial charge in [-0.2, -0.15) is 0 Å². The van der Waals surface area contributed by atoms with E-state index in [1.807, 2.05) is 38.1 Å². The van der Waals surface area contributed by atoms with E-state index in [0.29, 0.717) is 0 Å². The summed E-state index contributed by atoms with van der Waals surface area (Å²) in [6.45, 7) is 3.70. The average Bonchev–Trinajstić information content (AvgIpc) is 3.13. The van der Waals surface area contributed by atoms with E-state index < -0.39 is 17.3 Å². The molecule has 7 heteroatoms. The molecule has 3 rings (SSSR count). The van der Waals surface area contributed by atoms with Gasteiger partial charge >= 0.3 is 5.97 Å². The Morgan fingerprint density at radius 1 is 1.26 bits per heavy atom. The van der Waals surface area contributed by atoms with E-state index in [9.17, 15) is 14.4 Å². The Bertz CT molecular complexity index is 716. The predicted octanol–water partition coefficient (Wildman–Crippen LogP) is 3.12. The lowest BCUT2D eigenvalue weighted by molar-refractivity contribution is -0.159. The molecule has 2 aliphatic rings. The highest BCUT2D eigenvalue weighted by atomic mass is 32.2. The molecule has 146 valence electrons. The fourth-order valence-electron chi connectivity index (χ4n) is 3.41. The predicted molar refractivity (Wildman–Crippen MR) is 104 cm³/mol. The molecule has 0 aromatic heterocycles. The molecule has 27 heavy (non-hydrogen) atoms. The zero-order valence-electron chi connectivity index (χ0n) is 15.7. The Hall–Kier alpha value is -2.02. The van der Waals surface area contributed by atoms with Gasteiger partial charge in [0, 0.05) is 10.9 Å². The average molecular weight is 391 g/mol. The van der Waals surface area contributed by atoms with E-state index >= 15 is 0 Å². The molecule has 2 atom stereocenters. The molecule has 1 heterocycles. The number of hydrogen-bond acceptors (Lipinski definition) is 5. The van der Waals surface area contributed by atoms with Crippen molar-refractivity contribution in [3.8, 4) is 0 Å². The number of fused-ring (bicyclic) bond motifs is 1. The van der Waals surface area contributed by atoms with Crippen molar-refractivity contribution >= 4 is 35.2 Å². The third kappa shape index (κ3) is 5.03. The number of esters is 1. The van der Waals surface area contributed by atoms with Crippen molar-refractivity contribution in [2.24, 2.45) is 5.92 Å². The standard InChI is InChI=1S/C20H26N2O4S/c1-12(2)18(20(25)21-13-7-3-4-8-13)26-17(23)11-16-19(24)22-14-9-5-6-10-15(14)27-16/h5-6,9-10,12-13,16,18H,3-4,7-8,11H2,1-2H3,(H,21,25)(H,22,24)/t16-,18+/m1/s1. The first-order chi connectivity index (χ1) is 12.9. The van der Waals surface area contributed by atoms with E-state index in [1.165, 1.54) is 11.8 Å². The van der Waals surface area contributed by atoms with Gasteiger partial charge in [-0.05, 0) is 30.9 Å². The maximum absolute atomic E-state index is 12.5. The topological polar surface area (TPSA) is 84.5 Å². The lowest BCUT2D eigenvalue weighted by Gasteiger charge is -2.26. The highest BCUT2D eigenvalue weighted by Gasteiger charge is 2.33. The van der Waals surface area contributed by atoms with Gasteiger partial charge in [-0.25, -0.2) is 0 Å². The minimum Gasteiger partial charge on any atom is -0.452 e. The summed E-state index contributed by atoms with van der Waals surface area (Å²) in [6.07, 6.45) is 3.29. The van der Waals surface area contributed by atoms with Gasteiger partial charge in [0.05, 0.1) is 17.4 Å². The monoisotopic (exact) mass is 390 g/mol. The van der Waals surface area contributed by atoms with Crippen LogP contribution in [0.1, 0.15) is 46.0 Å². The summed E-state index contributed by atoms with van der Waals surface area (Å²) in [5.41, 5.74) is 0.758. The fourth-order valence-corrected chi connectivity index (χ4v) is 4.51. The van der Waals surface area contributed by atoms with Crippen molar-refractivity contribution in [2.75, 3.05) is 5.32 Å². The number of rotatable bonds is 6. The minimum atomic E-state index is -0.831. The molecule has 1 saturated carbocycles. The number of hydrogen-bond donors (Lipinski definition) is 2. The number of benzene rings is 1. The summed E-state index contributed by atoms with van der Waals surface area (Å²) >= 11 is 1.35. The maximum atomic E-state index is 12.5. The highest BCUT2D eigenvalue weighted by Crippen LogP contribution is 2.36. The van der Waals surface area contributed by atoms with Crippen LogP contribution in [-0.4, -0.2) is 35.2 Å². The van der Waals surface area contributed by atoms with Crippen molar-refractivity contribution < 1.29 is 19.1 Å². The third-order valence-electron chi connectivity index (χ3n) is 4.88. The third-order valence-corrected chi connectivity index (χ3v) is 6.16. The molecule has 2 amide bonds. The van der Waals surface area contributed by atoms with E-state index in [1.54, 1.807) is 0 Å². The number of carbonyl (C=O) groups is 3. The number of ether oxygens (including phenoxy) is 1. The Morgan fingerprint density at radius 2 is 1.96 bits per heavy atom. The van der Waals surface area contributed by atoms with Gasteiger partial charge in [0.1, 0.15) is 0 Å². The van der Waals surface area contributed by atoms with Crippen LogP contribution in [0, 0.1) is 5.92 Å². The number of amides is 2. The number of carbonyl (C=O) groups excluding carboxylic acids is 3. The van der Waals surface area contributed by atoms with Crippen molar-refractivity contribution in [1.82, 2.24) is 5.32 Å². The van der Waals surface area contributed by atoms with E-state index in [4.69, 9.17) is 4.74 Å². The first-order valence-electron chi connectivity index (χ1n) is 9.50.